The highest BCUT2D eigenvalue weighted by atomic mass is 16.7. The highest BCUT2D eigenvalue weighted by Gasteiger charge is 2.64. The smallest absolute Gasteiger partial charge is 0.231 e. The van der Waals surface area contributed by atoms with E-state index in [-0.39, 0.29) is 12.5 Å². The van der Waals surface area contributed by atoms with E-state index in [1.807, 2.05) is 6.07 Å². The van der Waals surface area contributed by atoms with Gasteiger partial charge in [-0.1, -0.05) is 27.7 Å². The molecule has 2 aliphatic rings. The van der Waals surface area contributed by atoms with Crippen molar-refractivity contribution in [2.24, 2.45) is 10.8 Å². The van der Waals surface area contributed by atoms with Crippen LogP contribution in [0.15, 0.2) is 12.1 Å². The van der Waals surface area contributed by atoms with E-state index >= 15 is 0 Å². The Bertz CT molecular complexity index is 508. The molecule has 3 rings (SSSR count). The van der Waals surface area contributed by atoms with Crippen molar-refractivity contribution in [1.29, 1.82) is 0 Å². The number of ether oxygens (including phenoxy) is 2. The third kappa shape index (κ3) is 1.77. The van der Waals surface area contributed by atoms with Crippen molar-refractivity contribution in [3.8, 4) is 17.2 Å². The monoisotopic (exact) mass is 263 g/mol. The summed E-state index contributed by atoms with van der Waals surface area (Å²) >= 11 is 0. The number of rotatable bonds is 3. The Morgan fingerprint density at radius 1 is 1.16 bits per heavy atom. The first-order chi connectivity index (χ1) is 8.84. The van der Waals surface area contributed by atoms with Crippen LogP contribution in [0.3, 0.4) is 0 Å². The molecule has 1 aliphatic carbocycles. The molecule has 2 N–H and O–H groups in total. The van der Waals surface area contributed by atoms with E-state index in [0.717, 1.165) is 5.56 Å². The Balaban J connectivity index is 1.72. The first kappa shape index (κ1) is 12.6. The van der Waals surface area contributed by atoms with Crippen molar-refractivity contribution < 1.29 is 14.6 Å². The summed E-state index contributed by atoms with van der Waals surface area (Å²) < 4.78 is 10.6. The molecule has 0 radical (unpaired) electrons. The molecule has 1 saturated carbocycles. The van der Waals surface area contributed by atoms with Crippen LogP contribution in [0.1, 0.15) is 33.3 Å². The Hall–Kier alpha value is -1.42. The number of aromatic hydroxyl groups is 1. The SMILES string of the molecule is CC1(C)C(NCc2cc3c(cc2O)OCO3)C1(C)C. The number of benzene rings is 1. The number of hydrogen-bond donors (Lipinski definition) is 2. The standard InChI is InChI=1S/C15H21NO3/c1-14(2)13(15(14,3)4)16-7-9-5-11-12(6-10(9)17)19-8-18-11/h5-6,13,16-17H,7-8H2,1-4H3. The minimum Gasteiger partial charge on any atom is -0.507 e. The van der Waals surface area contributed by atoms with E-state index in [2.05, 4.69) is 33.0 Å². The molecule has 1 aromatic rings. The molecule has 19 heavy (non-hydrogen) atoms. The summed E-state index contributed by atoms with van der Waals surface area (Å²) in [6.07, 6.45) is 0. The zero-order valence-electron chi connectivity index (χ0n) is 11.9. The van der Waals surface area contributed by atoms with Gasteiger partial charge >= 0.3 is 0 Å². The van der Waals surface area contributed by atoms with Crippen LogP contribution in [0.5, 0.6) is 17.2 Å². The Morgan fingerprint density at radius 3 is 2.32 bits per heavy atom. The van der Waals surface area contributed by atoms with Crippen LogP contribution < -0.4 is 14.8 Å². The summed E-state index contributed by atoms with van der Waals surface area (Å²) in [7, 11) is 0. The van der Waals surface area contributed by atoms with E-state index in [4.69, 9.17) is 9.47 Å². The van der Waals surface area contributed by atoms with Gasteiger partial charge in [0.2, 0.25) is 6.79 Å². The van der Waals surface area contributed by atoms with Gasteiger partial charge in [0.05, 0.1) is 0 Å². The molecule has 0 amide bonds. The lowest BCUT2D eigenvalue weighted by Gasteiger charge is -2.09. The predicted octanol–water partition coefficient (Wildman–Crippen LogP) is 2.65. The number of fused-ring (bicyclic) bond motifs is 1. The topological polar surface area (TPSA) is 50.7 Å². The zero-order chi connectivity index (χ0) is 13.8. The van der Waals surface area contributed by atoms with Gasteiger partial charge in [0, 0.05) is 24.2 Å². The number of phenols is 1. The molecule has 1 aromatic carbocycles. The Labute approximate surface area is 113 Å². The largest absolute Gasteiger partial charge is 0.507 e. The molecule has 0 aromatic heterocycles. The average Bonchev–Trinajstić information content (AvgIpc) is 2.69. The first-order valence-corrected chi connectivity index (χ1v) is 6.69. The lowest BCUT2D eigenvalue weighted by atomic mass is 10.0. The Morgan fingerprint density at radius 2 is 1.74 bits per heavy atom. The van der Waals surface area contributed by atoms with Crippen molar-refractivity contribution in [3.63, 3.8) is 0 Å². The normalized spacial score (nSPS) is 22.5. The van der Waals surface area contributed by atoms with E-state index in [1.54, 1.807) is 6.07 Å². The van der Waals surface area contributed by atoms with E-state index in [1.165, 1.54) is 0 Å². The van der Waals surface area contributed by atoms with Gasteiger partial charge in [0.1, 0.15) is 5.75 Å². The van der Waals surface area contributed by atoms with Gasteiger partial charge in [-0.15, -0.1) is 0 Å². The molecule has 1 heterocycles. The predicted molar refractivity (Wildman–Crippen MR) is 72.4 cm³/mol. The van der Waals surface area contributed by atoms with Gasteiger partial charge in [-0.05, 0) is 16.9 Å². The van der Waals surface area contributed by atoms with Gasteiger partial charge in [-0.2, -0.15) is 0 Å². The molecule has 4 nitrogen and oxygen atoms in total. The first-order valence-electron chi connectivity index (χ1n) is 6.69. The minimum atomic E-state index is 0.230. The van der Waals surface area contributed by atoms with E-state index in [9.17, 15) is 5.11 Å². The van der Waals surface area contributed by atoms with Crippen molar-refractivity contribution in [3.05, 3.63) is 17.7 Å². The number of phenolic OH excluding ortho intramolecular Hbond substituents is 1. The molecule has 0 spiro atoms. The third-order valence-corrected chi connectivity index (χ3v) is 5.09. The third-order valence-electron chi connectivity index (χ3n) is 5.09. The van der Waals surface area contributed by atoms with Crippen molar-refractivity contribution >= 4 is 0 Å². The minimum absolute atomic E-state index is 0.230. The summed E-state index contributed by atoms with van der Waals surface area (Å²) in [6, 6.07) is 3.94. The molecule has 0 atom stereocenters. The summed E-state index contributed by atoms with van der Waals surface area (Å²) in [4.78, 5) is 0. The zero-order valence-corrected chi connectivity index (χ0v) is 11.9. The highest BCUT2D eigenvalue weighted by molar-refractivity contribution is 5.51. The second kappa shape index (κ2) is 3.79. The molecule has 4 heteroatoms. The fourth-order valence-corrected chi connectivity index (χ4v) is 3.03. The summed E-state index contributed by atoms with van der Waals surface area (Å²) in [6.45, 7) is 9.94. The maximum atomic E-state index is 9.99. The van der Waals surface area contributed by atoms with Crippen molar-refractivity contribution in [2.45, 2.75) is 40.3 Å². The Kier molecular flexibility index (Phi) is 2.52. The molecule has 0 bridgehead atoms. The molecule has 1 aliphatic heterocycles. The van der Waals surface area contributed by atoms with Crippen LogP contribution >= 0.6 is 0 Å². The molecule has 0 saturated heterocycles. The maximum Gasteiger partial charge on any atom is 0.231 e. The van der Waals surface area contributed by atoms with Crippen LogP contribution in [0.2, 0.25) is 0 Å². The van der Waals surface area contributed by atoms with Gasteiger partial charge < -0.3 is 19.9 Å². The van der Waals surface area contributed by atoms with Gasteiger partial charge in [-0.3, -0.25) is 0 Å². The molecule has 0 unspecified atom stereocenters. The van der Waals surface area contributed by atoms with Crippen molar-refractivity contribution in [2.75, 3.05) is 6.79 Å². The lowest BCUT2D eigenvalue weighted by Crippen LogP contribution is -2.21. The summed E-state index contributed by atoms with van der Waals surface area (Å²) in [5, 5.41) is 13.5. The van der Waals surface area contributed by atoms with E-state index in [0.29, 0.717) is 34.9 Å². The van der Waals surface area contributed by atoms with Crippen LogP contribution in [0, 0.1) is 10.8 Å². The van der Waals surface area contributed by atoms with Crippen LogP contribution in [0.4, 0.5) is 0 Å². The van der Waals surface area contributed by atoms with Crippen LogP contribution in [0.25, 0.3) is 0 Å². The van der Waals surface area contributed by atoms with Gasteiger partial charge in [-0.25, -0.2) is 0 Å². The average molecular weight is 263 g/mol. The van der Waals surface area contributed by atoms with Crippen LogP contribution in [-0.4, -0.2) is 17.9 Å². The fraction of sp³-hybridized carbons (Fsp3) is 0.600. The molecule has 1 fully saturated rings. The van der Waals surface area contributed by atoms with Gasteiger partial charge in [0.25, 0.3) is 0 Å². The number of hydrogen-bond acceptors (Lipinski definition) is 4. The fourth-order valence-electron chi connectivity index (χ4n) is 3.03. The van der Waals surface area contributed by atoms with Crippen molar-refractivity contribution in [1.82, 2.24) is 5.32 Å². The summed E-state index contributed by atoms with van der Waals surface area (Å²) in [5.74, 6) is 1.59. The molecule has 104 valence electrons. The second-order valence-corrected chi connectivity index (χ2v) is 6.59. The lowest BCUT2D eigenvalue weighted by molar-refractivity contribution is 0.174. The maximum absolute atomic E-state index is 9.99. The van der Waals surface area contributed by atoms with Crippen LogP contribution in [-0.2, 0) is 6.54 Å². The number of nitrogens with one attached hydrogen (secondary N) is 1. The quantitative estimate of drug-likeness (QED) is 0.880. The molecular weight excluding hydrogens is 242 g/mol. The van der Waals surface area contributed by atoms with Gasteiger partial charge in [0.15, 0.2) is 11.5 Å². The summed E-state index contributed by atoms with van der Waals surface area (Å²) in [5.41, 5.74) is 1.43. The van der Waals surface area contributed by atoms with E-state index < -0.39 is 0 Å². The highest BCUT2D eigenvalue weighted by Crippen LogP contribution is 2.62. The second-order valence-electron chi connectivity index (χ2n) is 6.59. The molecular formula is C15H21NO3.